The molecule has 2 aromatic rings. The van der Waals surface area contributed by atoms with Crippen molar-refractivity contribution < 1.29 is 14.6 Å². The van der Waals surface area contributed by atoms with Gasteiger partial charge in [-0.2, -0.15) is 5.26 Å². The Balaban J connectivity index is 1.51. The van der Waals surface area contributed by atoms with E-state index in [9.17, 15) is 14.7 Å². The molecule has 2 heterocycles. The number of aromatic nitrogens is 1. The van der Waals surface area contributed by atoms with Crippen LogP contribution in [0.15, 0.2) is 23.1 Å². The van der Waals surface area contributed by atoms with E-state index in [-0.39, 0.29) is 17.1 Å². The molecule has 0 spiro atoms. The summed E-state index contributed by atoms with van der Waals surface area (Å²) in [5.41, 5.74) is 1.13. The van der Waals surface area contributed by atoms with Crippen molar-refractivity contribution in [1.29, 1.82) is 5.26 Å². The molecule has 32 heavy (non-hydrogen) atoms. The lowest BCUT2D eigenvalue weighted by Crippen LogP contribution is -2.40. The molecule has 168 valence electrons. The number of nitrogens with zero attached hydrogens (tertiary/aromatic N) is 3. The van der Waals surface area contributed by atoms with Crippen LogP contribution in [0.25, 0.3) is 10.9 Å². The van der Waals surface area contributed by atoms with Gasteiger partial charge in [-0.05, 0) is 50.2 Å². The zero-order chi connectivity index (χ0) is 22.5. The highest BCUT2D eigenvalue weighted by molar-refractivity contribution is 5.97. The van der Waals surface area contributed by atoms with Crippen molar-refractivity contribution in [2.45, 2.75) is 50.1 Å². The van der Waals surface area contributed by atoms with Crippen LogP contribution in [-0.4, -0.2) is 47.9 Å². The van der Waals surface area contributed by atoms with Gasteiger partial charge in [-0.15, -0.1) is 0 Å². The molecular formula is C24H28N4O4. The van der Waals surface area contributed by atoms with Crippen molar-refractivity contribution >= 4 is 22.6 Å². The highest BCUT2D eigenvalue weighted by atomic mass is 16.5. The van der Waals surface area contributed by atoms with Crippen LogP contribution in [0.5, 0.6) is 5.75 Å². The van der Waals surface area contributed by atoms with Gasteiger partial charge in [0.05, 0.1) is 29.8 Å². The summed E-state index contributed by atoms with van der Waals surface area (Å²) in [6.07, 6.45) is 7.29. The molecule has 0 radical (unpaired) electrons. The van der Waals surface area contributed by atoms with E-state index in [4.69, 9.17) is 10.00 Å². The average Bonchev–Trinajstić information content (AvgIpc) is 3.72. The maximum Gasteiger partial charge on any atom is 0.341 e. The number of nitrogens with one attached hydrogen (secondary N) is 1. The summed E-state index contributed by atoms with van der Waals surface area (Å²) in [6, 6.07) is 6.06. The van der Waals surface area contributed by atoms with Gasteiger partial charge in [0.15, 0.2) is 5.75 Å². The minimum Gasteiger partial charge on any atom is -0.492 e. The molecule has 0 amide bonds. The van der Waals surface area contributed by atoms with Gasteiger partial charge in [0, 0.05) is 43.8 Å². The highest BCUT2D eigenvalue weighted by Crippen LogP contribution is 2.48. The third kappa shape index (κ3) is 3.41. The lowest BCUT2D eigenvalue weighted by Gasteiger charge is -2.27. The molecule has 8 nitrogen and oxygen atoms in total. The number of carbonyl (C=O) groups is 1. The number of carboxylic acid groups (broad SMARTS) is 1. The second-order valence-electron chi connectivity index (χ2n) is 9.25. The number of hydrogen-bond donors (Lipinski definition) is 2. The molecule has 8 heteroatoms. The summed E-state index contributed by atoms with van der Waals surface area (Å²) in [5.74, 6) is -0.0525. The minimum atomic E-state index is -1.20. The number of carboxylic acids is 1. The van der Waals surface area contributed by atoms with Crippen LogP contribution in [0, 0.1) is 17.2 Å². The summed E-state index contributed by atoms with van der Waals surface area (Å²) in [4.78, 5) is 26.9. The number of rotatable bonds is 8. The SMILES string of the molecule is COc1c(N2CCC(C3(NCCC#N)CC3)C2)ccc2c(=O)c(C(=O)O)cn(C3CC3)c12. The number of anilines is 1. The zero-order valence-electron chi connectivity index (χ0n) is 18.3. The number of hydrogen-bond acceptors (Lipinski definition) is 6. The van der Waals surface area contributed by atoms with Gasteiger partial charge in [-0.25, -0.2) is 4.79 Å². The first-order valence-corrected chi connectivity index (χ1v) is 11.3. The number of benzene rings is 1. The van der Waals surface area contributed by atoms with Gasteiger partial charge < -0.3 is 24.6 Å². The molecule has 1 unspecified atom stereocenters. The Hall–Kier alpha value is -3.05. The Morgan fingerprint density at radius 1 is 1.34 bits per heavy atom. The van der Waals surface area contributed by atoms with Crippen LogP contribution < -0.4 is 20.4 Å². The third-order valence-corrected chi connectivity index (χ3v) is 7.31. The molecule has 3 fully saturated rings. The molecule has 2 aliphatic carbocycles. The van der Waals surface area contributed by atoms with Crippen LogP contribution in [0.1, 0.15) is 54.9 Å². The molecule has 5 rings (SSSR count). The fourth-order valence-corrected chi connectivity index (χ4v) is 5.31. The highest BCUT2D eigenvalue weighted by Gasteiger charge is 2.50. The van der Waals surface area contributed by atoms with E-state index in [2.05, 4.69) is 16.3 Å². The fourth-order valence-electron chi connectivity index (χ4n) is 5.31. The van der Waals surface area contributed by atoms with E-state index >= 15 is 0 Å². The smallest absolute Gasteiger partial charge is 0.341 e. The average molecular weight is 437 g/mol. The van der Waals surface area contributed by atoms with E-state index in [0.29, 0.717) is 29.0 Å². The first-order valence-electron chi connectivity index (χ1n) is 11.3. The number of aromatic carboxylic acids is 1. The van der Waals surface area contributed by atoms with Crippen LogP contribution in [0.4, 0.5) is 5.69 Å². The number of ether oxygens (including phenoxy) is 1. The molecule has 1 aliphatic heterocycles. The molecule has 3 aliphatic rings. The second-order valence-corrected chi connectivity index (χ2v) is 9.25. The molecular weight excluding hydrogens is 408 g/mol. The van der Waals surface area contributed by atoms with Crippen molar-refractivity contribution in [3.8, 4) is 11.8 Å². The Morgan fingerprint density at radius 3 is 2.75 bits per heavy atom. The zero-order valence-corrected chi connectivity index (χ0v) is 18.3. The van der Waals surface area contributed by atoms with Crippen molar-refractivity contribution in [2.75, 3.05) is 31.6 Å². The first kappa shape index (κ1) is 20.8. The molecule has 1 aromatic carbocycles. The molecule has 2 saturated carbocycles. The summed E-state index contributed by atoms with van der Waals surface area (Å²) in [6.45, 7) is 2.52. The van der Waals surface area contributed by atoms with E-state index < -0.39 is 11.4 Å². The van der Waals surface area contributed by atoms with E-state index in [1.54, 1.807) is 13.2 Å². The van der Waals surface area contributed by atoms with Gasteiger partial charge in [0.1, 0.15) is 5.56 Å². The van der Waals surface area contributed by atoms with Crippen molar-refractivity contribution in [1.82, 2.24) is 9.88 Å². The largest absolute Gasteiger partial charge is 0.492 e. The maximum absolute atomic E-state index is 12.9. The number of fused-ring (bicyclic) bond motifs is 1. The Kier molecular flexibility index (Phi) is 5.09. The lowest BCUT2D eigenvalue weighted by atomic mass is 9.96. The number of methoxy groups -OCH3 is 1. The van der Waals surface area contributed by atoms with Crippen LogP contribution in [-0.2, 0) is 0 Å². The van der Waals surface area contributed by atoms with Crippen LogP contribution in [0.3, 0.4) is 0 Å². The van der Waals surface area contributed by atoms with Gasteiger partial charge in [-0.1, -0.05) is 0 Å². The minimum absolute atomic E-state index is 0.141. The van der Waals surface area contributed by atoms with E-state index in [1.165, 1.54) is 6.20 Å². The Bertz CT molecular complexity index is 1170. The van der Waals surface area contributed by atoms with Crippen molar-refractivity contribution in [3.05, 3.63) is 34.1 Å². The summed E-state index contributed by atoms with van der Waals surface area (Å²) < 4.78 is 7.79. The number of nitriles is 1. The summed E-state index contributed by atoms with van der Waals surface area (Å²) in [7, 11) is 1.62. The monoisotopic (exact) mass is 436 g/mol. The predicted octanol–water partition coefficient (Wildman–Crippen LogP) is 2.91. The summed E-state index contributed by atoms with van der Waals surface area (Å²) in [5, 5.41) is 22.4. The fraction of sp³-hybridized carbons (Fsp3) is 0.542. The van der Waals surface area contributed by atoms with Gasteiger partial charge in [0.2, 0.25) is 5.43 Å². The topological polar surface area (TPSA) is 108 Å². The molecule has 1 aromatic heterocycles. The molecule has 1 atom stereocenters. The molecule has 2 N–H and O–H groups in total. The van der Waals surface area contributed by atoms with E-state index in [0.717, 1.165) is 57.4 Å². The third-order valence-electron chi connectivity index (χ3n) is 7.31. The van der Waals surface area contributed by atoms with Crippen LogP contribution >= 0.6 is 0 Å². The maximum atomic E-state index is 12.9. The number of pyridine rings is 1. The van der Waals surface area contributed by atoms with Gasteiger partial charge in [-0.3, -0.25) is 4.79 Å². The van der Waals surface area contributed by atoms with E-state index in [1.807, 2.05) is 10.6 Å². The standard InChI is InChI=1S/C24H28N4O4/c1-32-22-19(27-12-7-15(13-27)24(8-9-24)26-11-2-10-25)6-5-17-20(22)28(16-3-4-16)14-18(21(17)29)23(30)31/h5-6,14-16,26H,2-4,7-9,11-13H2,1H3,(H,30,31). The molecule has 0 bridgehead atoms. The van der Waals surface area contributed by atoms with Crippen LogP contribution in [0.2, 0.25) is 0 Å². The predicted molar refractivity (Wildman–Crippen MR) is 121 cm³/mol. The Morgan fingerprint density at radius 2 is 2.12 bits per heavy atom. The normalized spacial score (nSPS) is 21.5. The lowest BCUT2D eigenvalue weighted by molar-refractivity contribution is 0.0695. The first-order chi connectivity index (χ1) is 15.5. The Labute approximate surface area is 186 Å². The summed E-state index contributed by atoms with van der Waals surface area (Å²) >= 11 is 0. The molecule has 1 saturated heterocycles. The van der Waals surface area contributed by atoms with Gasteiger partial charge >= 0.3 is 5.97 Å². The van der Waals surface area contributed by atoms with Gasteiger partial charge in [0.25, 0.3) is 0 Å². The van der Waals surface area contributed by atoms with Crippen molar-refractivity contribution in [3.63, 3.8) is 0 Å². The second kappa shape index (κ2) is 7.82. The quantitative estimate of drug-likeness (QED) is 0.613. The van der Waals surface area contributed by atoms with Crippen molar-refractivity contribution in [2.24, 2.45) is 5.92 Å².